The van der Waals surface area contributed by atoms with E-state index >= 15 is 0 Å². The Hall–Kier alpha value is -1.76. The van der Waals surface area contributed by atoms with Crippen molar-refractivity contribution in [3.05, 3.63) is 57.6 Å². The summed E-state index contributed by atoms with van der Waals surface area (Å²) >= 11 is 11.9. The quantitative estimate of drug-likeness (QED) is 0.869. The maximum Gasteiger partial charge on any atom is 0.335 e. The molecule has 0 aliphatic heterocycles. The second-order valence-corrected chi connectivity index (χ2v) is 6.91. The third kappa shape index (κ3) is 3.35. The van der Waals surface area contributed by atoms with Crippen LogP contribution >= 0.6 is 23.2 Å². The van der Waals surface area contributed by atoms with E-state index in [-0.39, 0.29) is 21.2 Å². The Labute approximate surface area is 137 Å². The molecule has 116 valence electrons. The van der Waals surface area contributed by atoms with Crippen molar-refractivity contribution in [1.82, 2.24) is 0 Å². The van der Waals surface area contributed by atoms with Crippen LogP contribution in [0.4, 0.5) is 5.69 Å². The van der Waals surface area contributed by atoms with E-state index in [1.54, 1.807) is 6.92 Å². The number of halogens is 2. The Kier molecular flexibility index (Phi) is 4.65. The summed E-state index contributed by atoms with van der Waals surface area (Å²) in [4.78, 5) is 10.8. The Balaban J connectivity index is 2.42. The molecule has 8 heteroatoms. The summed E-state index contributed by atoms with van der Waals surface area (Å²) < 4.78 is 27.1. The first-order valence-corrected chi connectivity index (χ1v) is 8.27. The fourth-order valence-electron chi connectivity index (χ4n) is 1.77. The fourth-order valence-corrected chi connectivity index (χ4v) is 3.63. The molecule has 0 fully saturated rings. The number of sulfonamides is 1. The molecule has 0 amide bonds. The largest absolute Gasteiger partial charge is 0.478 e. The maximum atomic E-state index is 12.4. The molecular formula is C14H11Cl2NO4S. The van der Waals surface area contributed by atoms with E-state index in [2.05, 4.69) is 4.72 Å². The van der Waals surface area contributed by atoms with E-state index in [0.717, 1.165) is 0 Å². The van der Waals surface area contributed by atoms with Crippen LogP contribution in [0.5, 0.6) is 0 Å². The van der Waals surface area contributed by atoms with Crippen LogP contribution in [0, 0.1) is 6.92 Å². The normalized spacial score (nSPS) is 11.2. The number of anilines is 1. The van der Waals surface area contributed by atoms with Crippen LogP contribution in [0.1, 0.15) is 15.9 Å². The minimum absolute atomic E-state index is 0.0226. The molecule has 0 saturated carbocycles. The lowest BCUT2D eigenvalue weighted by Gasteiger charge is -2.12. The monoisotopic (exact) mass is 359 g/mol. The minimum Gasteiger partial charge on any atom is -0.478 e. The lowest BCUT2D eigenvalue weighted by molar-refractivity contribution is 0.0697. The Morgan fingerprint density at radius 1 is 1.18 bits per heavy atom. The summed E-state index contributed by atoms with van der Waals surface area (Å²) in [6, 6.07) is 8.19. The average molecular weight is 360 g/mol. The molecule has 0 atom stereocenters. The zero-order valence-corrected chi connectivity index (χ0v) is 13.6. The molecule has 2 N–H and O–H groups in total. The fraction of sp³-hybridized carbons (Fsp3) is 0.0714. The molecule has 0 spiro atoms. The molecule has 0 bridgehead atoms. The van der Waals surface area contributed by atoms with Crippen LogP contribution in [-0.4, -0.2) is 19.5 Å². The zero-order chi connectivity index (χ0) is 16.5. The Morgan fingerprint density at radius 2 is 1.86 bits per heavy atom. The number of nitrogens with one attached hydrogen (secondary N) is 1. The number of carboxylic acid groups (broad SMARTS) is 1. The molecule has 2 aromatic carbocycles. The van der Waals surface area contributed by atoms with Crippen LogP contribution in [0.2, 0.25) is 10.0 Å². The van der Waals surface area contributed by atoms with E-state index in [9.17, 15) is 13.2 Å². The highest BCUT2D eigenvalue weighted by Gasteiger charge is 2.20. The predicted molar refractivity (Wildman–Crippen MR) is 85.4 cm³/mol. The number of hydrogen-bond donors (Lipinski definition) is 2. The summed E-state index contributed by atoms with van der Waals surface area (Å²) in [7, 11) is -3.96. The van der Waals surface area contributed by atoms with Gasteiger partial charge < -0.3 is 5.11 Å². The molecule has 0 heterocycles. The molecule has 0 unspecified atom stereocenters. The van der Waals surface area contributed by atoms with Gasteiger partial charge in [-0.2, -0.15) is 0 Å². The topological polar surface area (TPSA) is 83.5 Å². The van der Waals surface area contributed by atoms with Gasteiger partial charge in [-0.05, 0) is 42.8 Å². The van der Waals surface area contributed by atoms with Gasteiger partial charge >= 0.3 is 5.97 Å². The van der Waals surface area contributed by atoms with Crippen molar-refractivity contribution in [2.75, 3.05) is 4.72 Å². The van der Waals surface area contributed by atoms with Gasteiger partial charge in [0, 0.05) is 10.7 Å². The third-order valence-electron chi connectivity index (χ3n) is 2.94. The van der Waals surface area contributed by atoms with Crippen molar-refractivity contribution in [3.63, 3.8) is 0 Å². The number of carboxylic acids is 1. The van der Waals surface area contributed by atoms with Crippen LogP contribution in [-0.2, 0) is 10.0 Å². The lowest BCUT2D eigenvalue weighted by Crippen LogP contribution is -2.14. The van der Waals surface area contributed by atoms with Crippen molar-refractivity contribution < 1.29 is 18.3 Å². The highest BCUT2D eigenvalue weighted by atomic mass is 35.5. The van der Waals surface area contributed by atoms with E-state index in [4.69, 9.17) is 28.3 Å². The Morgan fingerprint density at radius 3 is 2.50 bits per heavy atom. The summed E-state index contributed by atoms with van der Waals surface area (Å²) in [6.45, 7) is 1.61. The van der Waals surface area contributed by atoms with Crippen LogP contribution in [0.3, 0.4) is 0 Å². The number of rotatable bonds is 4. The molecule has 2 aromatic rings. The summed E-state index contributed by atoms with van der Waals surface area (Å²) in [5.41, 5.74) is 0.549. The molecule has 0 aliphatic rings. The molecule has 0 aromatic heterocycles. The van der Waals surface area contributed by atoms with Gasteiger partial charge in [-0.15, -0.1) is 0 Å². The van der Waals surface area contributed by atoms with Gasteiger partial charge in [-0.1, -0.05) is 29.3 Å². The molecule has 0 saturated heterocycles. The number of aromatic carboxylic acids is 1. The van der Waals surface area contributed by atoms with Crippen molar-refractivity contribution in [1.29, 1.82) is 0 Å². The molecule has 22 heavy (non-hydrogen) atoms. The summed E-state index contributed by atoms with van der Waals surface area (Å²) in [6.07, 6.45) is 0. The lowest BCUT2D eigenvalue weighted by atomic mass is 10.2. The number of carbonyl (C=O) groups is 1. The van der Waals surface area contributed by atoms with Crippen molar-refractivity contribution >= 4 is 44.9 Å². The maximum absolute atomic E-state index is 12.4. The van der Waals surface area contributed by atoms with Crippen LogP contribution < -0.4 is 4.72 Å². The average Bonchev–Trinajstić information content (AvgIpc) is 2.44. The highest BCUT2D eigenvalue weighted by molar-refractivity contribution is 7.92. The molecule has 0 radical (unpaired) electrons. The van der Waals surface area contributed by atoms with Gasteiger partial charge in [0.15, 0.2) is 0 Å². The SMILES string of the molecule is Cc1c(Cl)ccc(S(=O)(=O)Nc2cccc(C(=O)O)c2)c1Cl. The second kappa shape index (κ2) is 6.16. The minimum atomic E-state index is -3.96. The van der Waals surface area contributed by atoms with Gasteiger partial charge in [0.2, 0.25) is 0 Å². The predicted octanol–water partition coefficient (Wildman–Crippen LogP) is 3.80. The van der Waals surface area contributed by atoms with Crippen molar-refractivity contribution in [2.24, 2.45) is 0 Å². The van der Waals surface area contributed by atoms with Crippen LogP contribution in [0.15, 0.2) is 41.3 Å². The molecule has 0 aliphatic carbocycles. The molecule has 2 rings (SSSR count). The van der Waals surface area contributed by atoms with Gasteiger partial charge in [-0.25, -0.2) is 13.2 Å². The van der Waals surface area contributed by atoms with Crippen molar-refractivity contribution in [2.45, 2.75) is 11.8 Å². The second-order valence-electron chi connectivity index (χ2n) is 4.48. The number of benzene rings is 2. The summed E-state index contributed by atoms with van der Waals surface area (Å²) in [5, 5.41) is 9.30. The van der Waals surface area contributed by atoms with Gasteiger partial charge in [0.05, 0.1) is 10.6 Å². The van der Waals surface area contributed by atoms with Gasteiger partial charge in [-0.3, -0.25) is 4.72 Å². The third-order valence-corrected chi connectivity index (χ3v) is 5.37. The van der Waals surface area contributed by atoms with Crippen molar-refractivity contribution in [3.8, 4) is 0 Å². The van der Waals surface area contributed by atoms with Gasteiger partial charge in [0.1, 0.15) is 4.90 Å². The van der Waals surface area contributed by atoms with Crippen LogP contribution in [0.25, 0.3) is 0 Å². The first-order valence-electron chi connectivity index (χ1n) is 6.03. The first kappa shape index (κ1) is 16.6. The Bertz CT molecular complexity index is 850. The van der Waals surface area contributed by atoms with E-state index in [0.29, 0.717) is 10.6 Å². The van der Waals surface area contributed by atoms with E-state index < -0.39 is 16.0 Å². The summed E-state index contributed by atoms with van der Waals surface area (Å²) in [5.74, 6) is -1.15. The molecular weight excluding hydrogens is 349 g/mol. The standard InChI is InChI=1S/C14H11Cl2NO4S/c1-8-11(15)5-6-12(13(8)16)22(20,21)17-10-4-2-3-9(7-10)14(18)19/h2-7,17H,1H3,(H,18,19). The smallest absolute Gasteiger partial charge is 0.335 e. The zero-order valence-electron chi connectivity index (χ0n) is 11.3. The van der Waals surface area contributed by atoms with E-state index in [1.807, 2.05) is 0 Å². The van der Waals surface area contributed by atoms with Gasteiger partial charge in [0.25, 0.3) is 10.0 Å². The van der Waals surface area contributed by atoms with E-state index in [1.165, 1.54) is 36.4 Å². The highest BCUT2D eigenvalue weighted by Crippen LogP contribution is 2.31. The number of hydrogen-bond acceptors (Lipinski definition) is 3. The molecule has 5 nitrogen and oxygen atoms in total. The first-order chi connectivity index (χ1) is 10.2.